The Kier molecular flexibility index (Phi) is 5.72. The Morgan fingerprint density at radius 2 is 1.89 bits per heavy atom. The van der Waals surface area contributed by atoms with Crippen LogP contribution >= 0.6 is 0 Å². The lowest BCUT2D eigenvalue weighted by atomic mass is 9.86. The van der Waals surface area contributed by atoms with E-state index in [1.807, 2.05) is 29.2 Å². The minimum Gasteiger partial charge on any atom is -0.391 e. The second kappa shape index (κ2) is 8.39. The topological polar surface area (TPSA) is 53.4 Å². The van der Waals surface area contributed by atoms with Crippen molar-refractivity contribution in [3.05, 3.63) is 42.1 Å². The first-order valence-corrected chi connectivity index (χ1v) is 10.5. The van der Waals surface area contributed by atoms with Gasteiger partial charge in [0.05, 0.1) is 11.6 Å². The smallest absolute Gasteiger partial charge is 0.222 e. The molecule has 2 aliphatic rings. The van der Waals surface area contributed by atoms with Crippen LogP contribution in [0.25, 0.3) is 10.9 Å². The summed E-state index contributed by atoms with van der Waals surface area (Å²) in [4.78, 5) is 19.2. The van der Waals surface area contributed by atoms with Gasteiger partial charge in [0.1, 0.15) is 0 Å². The van der Waals surface area contributed by atoms with Gasteiger partial charge >= 0.3 is 0 Å². The van der Waals surface area contributed by atoms with Crippen molar-refractivity contribution in [2.45, 2.75) is 57.5 Å². The first kappa shape index (κ1) is 18.4. The van der Waals surface area contributed by atoms with E-state index in [4.69, 9.17) is 4.98 Å². The number of carbonyl (C=O) groups excluding carboxylic acids is 1. The molecule has 2 unspecified atom stereocenters. The summed E-state index contributed by atoms with van der Waals surface area (Å²) >= 11 is 0. The Bertz CT molecular complexity index is 785. The molecule has 1 saturated carbocycles. The first-order chi connectivity index (χ1) is 13.2. The van der Waals surface area contributed by atoms with Crippen molar-refractivity contribution in [1.82, 2.24) is 9.88 Å². The van der Waals surface area contributed by atoms with Crippen molar-refractivity contribution in [1.29, 1.82) is 0 Å². The Morgan fingerprint density at radius 3 is 2.74 bits per heavy atom. The Hall–Kier alpha value is -1.94. The van der Waals surface area contributed by atoms with Crippen LogP contribution in [-0.4, -0.2) is 40.1 Å². The lowest BCUT2D eigenvalue weighted by molar-refractivity contribution is -0.130. The summed E-state index contributed by atoms with van der Waals surface area (Å²) in [6.07, 6.45) is 8.49. The maximum atomic E-state index is 12.6. The average molecular weight is 367 g/mol. The predicted octanol–water partition coefficient (Wildman–Crippen LogP) is 3.96. The molecule has 27 heavy (non-hydrogen) atoms. The zero-order valence-electron chi connectivity index (χ0n) is 16.0. The molecule has 0 spiro atoms. The number of nitrogens with zero attached hydrogens (tertiary/aromatic N) is 2. The number of aliphatic hydroxyl groups excluding tert-OH is 1. The molecule has 4 rings (SSSR count). The number of carbonyl (C=O) groups is 1. The molecule has 0 bridgehead atoms. The Labute approximate surface area is 161 Å². The summed E-state index contributed by atoms with van der Waals surface area (Å²) < 4.78 is 0. The SMILES string of the molecule is O=C(CCC1CCCCC1)N1CC(O)C(Cc2ccc3ccccc3n2)C1. The molecule has 4 heteroatoms. The van der Waals surface area contributed by atoms with Crippen molar-refractivity contribution in [2.24, 2.45) is 11.8 Å². The molecule has 1 aliphatic carbocycles. The third kappa shape index (κ3) is 4.49. The van der Waals surface area contributed by atoms with E-state index in [2.05, 4.69) is 12.1 Å². The molecule has 2 atom stereocenters. The predicted molar refractivity (Wildman–Crippen MR) is 107 cm³/mol. The number of hydrogen-bond donors (Lipinski definition) is 1. The van der Waals surface area contributed by atoms with Gasteiger partial charge in [-0.05, 0) is 30.9 Å². The molecule has 0 radical (unpaired) electrons. The summed E-state index contributed by atoms with van der Waals surface area (Å²) in [5, 5.41) is 11.6. The van der Waals surface area contributed by atoms with Crippen molar-refractivity contribution in [3.63, 3.8) is 0 Å². The summed E-state index contributed by atoms with van der Waals surface area (Å²) in [7, 11) is 0. The number of likely N-dealkylation sites (tertiary alicyclic amines) is 1. The molecule has 1 aromatic carbocycles. The zero-order chi connectivity index (χ0) is 18.6. The van der Waals surface area contributed by atoms with Crippen LogP contribution in [0.4, 0.5) is 0 Å². The van der Waals surface area contributed by atoms with E-state index in [1.165, 1.54) is 32.1 Å². The zero-order valence-corrected chi connectivity index (χ0v) is 16.0. The summed E-state index contributed by atoms with van der Waals surface area (Å²) in [6, 6.07) is 12.2. The van der Waals surface area contributed by atoms with Crippen LogP contribution in [0.15, 0.2) is 36.4 Å². The fraction of sp³-hybridized carbons (Fsp3) is 0.565. The third-order valence-electron chi connectivity index (χ3n) is 6.38. The highest BCUT2D eigenvalue weighted by molar-refractivity contribution is 5.78. The van der Waals surface area contributed by atoms with Crippen molar-refractivity contribution < 1.29 is 9.90 Å². The van der Waals surface area contributed by atoms with E-state index in [-0.39, 0.29) is 11.8 Å². The molecule has 1 saturated heterocycles. The van der Waals surface area contributed by atoms with Crippen molar-refractivity contribution >= 4 is 16.8 Å². The molecule has 4 nitrogen and oxygen atoms in total. The number of β-amino-alcohol motifs (C(OH)–C–C–N with tert-alkyl or cyclic N) is 1. The number of pyridine rings is 1. The number of amides is 1. The van der Waals surface area contributed by atoms with Gasteiger partial charge in [0.2, 0.25) is 5.91 Å². The highest BCUT2D eigenvalue weighted by atomic mass is 16.3. The number of rotatable bonds is 5. The van der Waals surface area contributed by atoms with E-state index in [9.17, 15) is 9.90 Å². The molecule has 1 aromatic heterocycles. The fourth-order valence-electron chi connectivity index (χ4n) is 4.71. The summed E-state index contributed by atoms with van der Waals surface area (Å²) in [6.45, 7) is 1.13. The molecular weight excluding hydrogens is 336 g/mol. The van der Waals surface area contributed by atoms with Gasteiger partial charge in [-0.2, -0.15) is 0 Å². The molecule has 1 amide bonds. The van der Waals surface area contributed by atoms with E-state index in [1.54, 1.807) is 0 Å². The fourth-order valence-corrected chi connectivity index (χ4v) is 4.71. The number of para-hydroxylation sites is 1. The van der Waals surface area contributed by atoms with Crippen molar-refractivity contribution in [2.75, 3.05) is 13.1 Å². The first-order valence-electron chi connectivity index (χ1n) is 10.5. The standard InChI is InChI=1S/C23H30N2O2/c26-22-16-25(23(27)13-10-17-6-2-1-3-7-17)15-19(22)14-20-12-11-18-8-4-5-9-21(18)24-20/h4-5,8-9,11-12,17,19,22,26H,1-3,6-7,10,13-16H2. The third-order valence-corrected chi connectivity index (χ3v) is 6.38. The van der Waals surface area contributed by atoms with Crippen LogP contribution < -0.4 is 0 Å². The van der Waals surface area contributed by atoms with E-state index < -0.39 is 6.10 Å². The van der Waals surface area contributed by atoms with Gasteiger partial charge in [-0.1, -0.05) is 56.4 Å². The molecule has 2 fully saturated rings. The minimum absolute atomic E-state index is 0.0808. The Balaban J connectivity index is 1.32. The van der Waals surface area contributed by atoms with Crippen LogP contribution in [0.1, 0.15) is 50.6 Å². The van der Waals surface area contributed by atoms with Gasteiger partial charge in [0, 0.05) is 36.5 Å². The monoisotopic (exact) mass is 366 g/mol. The molecule has 1 aliphatic heterocycles. The second-order valence-corrected chi connectivity index (χ2v) is 8.37. The highest BCUT2D eigenvalue weighted by Gasteiger charge is 2.34. The minimum atomic E-state index is -0.447. The molecule has 1 N–H and O–H groups in total. The maximum Gasteiger partial charge on any atom is 0.222 e. The molecule has 2 heterocycles. The van der Waals surface area contributed by atoms with Crippen LogP contribution in [-0.2, 0) is 11.2 Å². The lowest BCUT2D eigenvalue weighted by Gasteiger charge is -2.22. The van der Waals surface area contributed by atoms with E-state index in [0.717, 1.165) is 35.4 Å². The van der Waals surface area contributed by atoms with Gasteiger partial charge in [-0.25, -0.2) is 0 Å². The quantitative estimate of drug-likeness (QED) is 0.871. The van der Waals surface area contributed by atoms with Gasteiger partial charge in [0.25, 0.3) is 0 Å². The average Bonchev–Trinajstić information content (AvgIpc) is 3.07. The summed E-state index contributed by atoms with van der Waals surface area (Å²) in [5.74, 6) is 1.03. The number of aromatic nitrogens is 1. The largest absolute Gasteiger partial charge is 0.391 e. The number of hydrogen-bond acceptors (Lipinski definition) is 3. The summed E-state index contributed by atoms with van der Waals surface area (Å²) in [5.41, 5.74) is 1.98. The van der Waals surface area contributed by atoms with Crippen LogP contribution in [0, 0.1) is 11.8 Å². The Morgan fingerprint density at radius 1 is 1.07 bits per heavy atom. The number of fused-ring (bicyclic) bond motifs is 1. The molecule has 144 valence electrons. The van der Waals surface area contributed by atoms with E-state index >= 15 is 0 Å². The van der Waals surface area contributed by atoms with Crippen LogP contribution in [0.2, 0.25) is 0 Å². The maximum absolute atomic E-state index is 12.6. The van der Waals surface area contributed by atoms with Gasteiger partial charge in [-0.15, -0.1) is 0 Å². The van der Waals surface area contributed by atoms with Crippen LogP contribution in [0.3, 0.4) is 0 Å². The van der Waals surface area contributed by atoms with Crippen LogP contribution in [0.5, 0.6) is 0 Å². The van der Waals surface area contributed by atoms with Gasteiger partial charge in [0.15, 0.2) is 0 Å². The highest BCUT2D eigenvalue weighted by Crippen LogP contribution is 2.28. The van der Waals surface area contributed by atoms with Gasteiger partial charge < -0.3 is 10.0 Å². The number of benzene rings is 1. The van der Waals surface area contributed by atoms with Crippen molar-refractivity contribution in [3.8, 4) is 0 Å². The second-order valence-electron chi connectivity index (χ2n) is 8.37. The van der Waals surface area contributed by atoms with E-state index in [0.29, 0.717) is 19.5 Å². The number of aliphatic hydroxyl groups is 1. The lowest BCUT2D eigenvalue weighted by Crippen LogP contribution is -2.30. The normalized spacial score (nSPS) is 23.8. The van der Waals surface area contributed by atoms with Gasteiger partial charge in [-0.3, -0.25) is 9.78 Å². The molecule has 2 aromatic rings. The molecular formula is C23H30N2O2.